The minimum atomic E-state index is -0.191. The van der Waals surface area contributed by atoms with Gasteiger partial charge in [-0.2, -0.15) is 0 Å². The van der Waals surface area contributed by atoms with Crippen molar-refractivity contribution in [3.63, 3.8) is 0 Å². The predicted molar refractivity (Wildman–Crippen MR) is 170 cm³/mol. The van der Waals surface area contributed by atoms with Gasteiger partial charge in [-0.3, -0.25) is 4.79 Å². The van der Waals surface area contributed by atoms with Gasteiger partial charge in [-0.25, -0.2) is 0 Å². The molecule has 1 amide bonds. The molecule has 2 saturated heterocycles. The van der Waals surface area contributed by atoms with Crippen LogP contribution in [-0.4, -0.2) is 67.1 Å². The van der Waals surface area contributed by atoms with Crippen molar-refractivity contribution in [2.24, 2.45) is 0 Å². The summed E-state index contributed by atoms with van der Waals surface area (Å²) in [5, 5.41) is 8.50. The molecule has 2 atom stereocenters. The highest BCUT2D eigenvalue weighted by Gasteiger charge is 2.33. The van der Waals surface area contributed by atoms with Crippen LogP contribution < -0.4 is 10.6 Å². The highest BCUT2D eigenvalue weighted by molar-refractivity contribution is 6.42. The van der Waals surface area contributed by atoms with Gasteiger partial charge in [-0.15, -0.1) is 0 Å². The summed E-state index contributed by atoms with van der Waals surface area (Å²) in [5.41, 5.74) is 3.59. The minimum Gasteiger partial charge on any atom is -0.340 e. The Morgan fingerprint density at radius 1 is 0.854 bits per heavy atom. The van der Waals surface area contributed by atoms with Crippen LogP contribution in [0.2, 0.25) is 10.0 Å². The van der Waals surface area contributed by atoms with E-state index in [1.54, 1.807) is 0 Å². The smallest absolute Gasteiger partial charge is 0.239 e. The maximum Gasteiger partial charge on any atom is 0.239 e. The largest absolute Gasteiger partial charge is 0.340 e. The van der Waals surface area contributed by atoms with Crippen molar-refractivity contribution < 1.29 is 4.79 Å². The number of amides is 1. The summed E-state index contributed by atoms with van der Waals surface area (Å²) in [7, 11) is 0. The van der Waals surface area contributed by atoms with Gasteiger partial charge in [-0.05, 0) is 67.6 Å². The van der Waals surface area contributed by atoms with Gasteiger partial charge in [0.2, 0.25) is 5.91 Å². The Hall–Kier alpha value is -2.41. The third kappa shape index (κ3) is 8.56. The molecule has 0 saturated carbocycles. The van der Waals surface area contributed by atoms with Crippen molar-refractivity contribution in [1.82, 2.24) is 20.4 Å². The van der Waals surface area contributed by atoms with Gasteiger partial charge in [0.05, 0.1) is 16.1 Å². The maximum atomic E-state index is 14.1. The summed E-state index contributed by atoms with van der Waals surface area (Å²) in [6.45, 7) is 6.14. The van der Waals surface area contributed by atoms with E-state index in [1.807, 2.05) is 18.2 Å². The minimum absolute atomic E-state index is 0.133. The molecule has 2 aliphatic heterocycles. The van der Waals surface area contributed by atoms with Gasteiger partial charge < -0.3 is 20.4 Å². The lowest BCUT2D eigenvalue weighted by atomic mass is 9.90. The van der Waals surface area contributed by atoms with Crippen LogP contribution >= 0.6 is 23.2 Å². The fourth-order valence-electron chi connectivity index (χ4n) is 6.16. The normalized spacial score (nSPS) is 20.4. The monoisotopic (exact) mass is 592 g/mol. The molecule has 2 aliphatic rings. The molecule has 0 bridgehead atoms. The van der Waals surface area contributed by atoms with Crippen LogP contribution in [0.4, 0.5) is 0 Å². The van der Waals surface area contributed by atoms with Gasteiger partial charge in [-0.1, -0.05) is 96.4 Å². The molecule has 5 nitrogen and oxygen atoms in total. The Bertz CT molecular complexity index is 1200. The fourth-order valence-corrected chi connectivity index (χ4v) is 6.48. The van der Waals surface area contributed by atoms with Crippen molar-refractivity contribution in [3.8, 4) is 0 Å². The first kappa shape index (κ1) is 30.1. The zero-order chi connectivity index (χ0) is 28.4. The number of halogens is 2. The number of carbonyl (C=O) groups excluding carboxylic acids is 1. The molecule has 2 N–H and O–H groups in total. The molecule has 7 heteroatoms. The molecule has 218 valence electrons. The second-order valence-corrected chi connectivity index (χ2v) is 12.2. The lowest BCUT2D eigenvalue weighted by Crippen LogP contribution is -2.50. The van der Waals surface area contributed by atoms with E-state index in [4.69, 9.17) is 23.2 Å². The number of carbonyl (C=O) groups is 1. The average molecular weight is 594 g/mol. The van der Waals surface area contributed by atoms with Gasteiger partial charge >= 0.3 is 0 Å². The molecule has 2 heterocycles. The van der Waals surface area contributed by atoms with Crippen LogP contribution in [0.15, 0.2) is 78.9 Å². The highest BCUT2D eigenvalue weighted by atomic mass is 35.5. The summed E-state index contributed by atoms with van der Waals surface area (Å²) in [6, 6.07) is 27.0. The van der Waals surface area contributed by atoms with Crippen molar-refractivity contribution >= 4 is 29.1 Å². The molecule has 2 fully saturated rings. The Morgan fingerprint density at radius 3 is 2.20 bits per heavy atom. The third-order valence-corrected chi connectivity index (χ3v) is 9.23. The van der Waals surface area contributed by atoms with E-state index in [-0.39, 0.29) is 23.9 Å². The topological polar surface area (TPSA) is 47.6 Å². The van der Waals surface area contributed by atoms with E-state index in [2.05, 4.69) is 81.1 Å². The van der Waals surface area contributed by atoms with Gasteiger partial charge in [0, 0.05) is 44.7 Å². The van der Waals surface area contributed by atoms with Gasteiger partial charge in [0.25, 0.3) is 0 Å². The number of piperidine rings is 1. The second-order valence-electron chi connectivity index (χ2n) is 11.4. The van der Waals surface area contributed by atoms with Crippen molar-refractivity contribution in [1.29, 1.82) is 0 Å². The number of hydrogen-bond donors (Lipinski definition) is 2. The summed E-state index contributed by atoms with van der Waals surface area (Å²) in [5.74, 6) is 0.360. The van der Waals surface area contributed by atoms with Crippen LogP contribution in [0.5, 0.6) is 0 Å². The Labute approximate surface area is 255 Å². The molecule has 3 aromatic carbocycles. The van der Waals surface area contributed by atoms with Gasteiger partial charge in [0.1, 0.15) is 0 Å². The molecule has 5 rings (SSSR count). The SMILES string of the molecule is O=C1[C@H](CCN2CCCCC2)NC(CNCc2ccc(Cl)c(Cl)c2)CCN1CC(c1ccccc1)c1ccccc1. The molecule has 0 aromatic heterocycles. The number of benzene rings is 3. The number of hydrogen-bond acceptors (Lipinski definition) is 4. The van der Waals surface area contributed by atoms with Crippen LogP contribution in [0, 0.1) is 0 Å². The van der Waals surface area contributed by atoms with E-state index < -0.39 is 0 Å². The zero-order valence-corrected chi connectivity index (χ0v) is 25.3. The third-order valence-electron chi connectivity index (χ3n) is 8.49. The maximum absolute atomic E-state index is 14.1. The quantitative estimate of drug-likeness (QED) is 0.272. The van der Waals surface area contributed by atoms with Gasteiger partial charge in [0.15, 0.2) is 0 Å². The van der Waals surface area contributed by atoms with E-state index >= 15 is 0 Å². The Kier molecular flexibility index (Phi) is 11.1. The first-order valence-electron chi connectivity index (χ1n) is 15.1. The highest BCUT2D eigenvalue weighted by Crippen LogP contribution is 2.27. The second kappa shape index (κ2) is 15.2. The van der Waals surface area contributed by atoms with E-state index in [1.165, 1.54) is 30.4 Å². The summed E-state index contributed by atoms with van der Waals surface area (Å²) in [6.07, 6.45) is 5.57. The van der Waals surface area contributed by atoms with Crippen LogP contribution in [0.25, 0.3) is 0 Å². The van der Waals surface area contributed by atoms with E-state index in [0.717, 1.165) is 51.1 Å². The van der Waals surface area contributed by atoms with E-state index in [0.29, 0.717) is 23.1 Å². The number of rotatable bonds is 11. The molecule has 0 radical (unpaired) electrons. The van der Waals surface area contributed by atoms with Crippen molar-refractivity contribution in [2.75, 3.05) is 39.3 Å². The molecule has 0 spiro atoms. The lowest BCUT2D eigenvalue weighted by Gasteiger charge is -2.31. The van der Waals surface area contributed by atoms with Crippen molar-refractivity contribution in [3.05, 3.63) is 106 Å². The number of nitrogens with one attached hydrogen (secondary N) is 2. The Balaban J connectivity index is 1.29. The van der Waals surface area contributed by atoms with Crippen LogP contribution in [-0.2, 0) is 11.3 Å². The molecular weight excluding hydrogens is 551 g/mol. The lowest BCUT2D eigenvalue weighted by molar-refractivity contribution is -0.133. The number of nitrogens with zero attached hydrogens (tertiary/aromatic N) is 2. The first-order chi connectivity index (χ1) is 20.1. The molecule has 41 heavy (non-hydrogen) atoms. The van der Waals surface area contributed by atoms with Crippen molar-refractivity contribution in [2.45, 2.75) is 56.7 Å². The summed E-state index contributed by atoms with van der Waals surface area (Å²) < 4.78 is 0. The molecular formula is C34H42Cl2N4O. The number of likely N-dealkylation sites (tertiary alicyclic amines) is 1. The predicted octanol–water partition coefficient (Wildman–Crippen LogP) is 6.35. The van der Waals surface area contributed by atoms with E-state index in [9.17, 15) is 4.79 Å². The fraction of sp³-hybridized carbons (Fsp3) is 0.441. The first-order valence-corrected chi connectivity index (χ1v) is 15.8. The van der Waals surface area contributed by atoms with Crippen LogP contribution in [0.3, 0.4) is 0 Å². The summed E-state index contributed by atoms with van der Waals surface area (Å²) in [4.78, 5) is 18.8. The van der Waals surface area contributed by atoms with Crippen LogP contribution in [0.1, 0.15) is 54.7 Å². The Morgan fingerprint density at radius 2 is 1.54 bits per heavy atom. The molecule has 3 aromatic rings. The summed E-state index contributed by atoms with van der Waals surface area (Å²) >= 11 is 12.3. The molecule has 1 unspecified atom stereocenters. The molecule has 0 aliphatic carbocycles. The average Bonchev–Trinajstić information content (AvgIpc) is 3.16. The standard InChI is InChI=1S/C34H42Cl2N4O/c35-31-15-14-26(22-32(31)36)23-37-24-29-16-21-40(34(41)33(38-29)17-20-39-18-8-3-9-19-39)25-30(27-10-4-1-5-11-27)28-12-6-2-7-13-28/h1-2,4-7,10-15,22,29-30,33,37-38H,3,8-9,16-21,23-25H2/t29?,33-/m0/s1. The zero-order valence-electron chi connectivity index (χ0n) is 23.8.